The quantitative estimate of drug-likeness (QED) is 0.0261. The Labute approximate surface area is 438 Å². The number of esters is 3. The smallest absolute Gasteiger partial charge is 0.306 e. The van der Waals surface area contributed by atoms with Crippen LogP contribution in [0.4, 0.5) is 0 Å². The predicted molar refractivity (Wildman–Crippen MR) is 307 cm³/mol. The number of hydrogen-bond donors (Lipinski definition) is 0. The molecule has 0 fully saturated rings. The van der Waals surface area contributed by atoms with Gasteiger partial charge in [0.1, 0.15) is 13.2 Å². The fourth-order valence-corrected chi connectivity index (χ4v) is 7.82. The van der Waals surface area contributed by atoms with Gasteiger partial charge >= 0.3 is 17.9 Å². The van der Waals surface area contributed by atoms with Crippen LogP contribution in [0, 0.1) is 0 Å². The SMILES string of the molecule is CC/C=C\C/C=C\C/C=C\C/C=C\C/C=C\CCCCCC(=O)O[C@H](COC(=O)CCCCCC/C=C\C/C=C\C/C=C\CCCCC)COC(=O)CCCCCCCCC/C=C\CCCCCCCC. The molecule has 71 heavy (non-hydrogen) atoms. The molecular weight excluding hydrogens is 877 g/mol. The maximum atomic E-state index is 12.9. The third-order valence-corrected chi connectivity index (χ3v) is 12.2. The standard InChI is InChI=1S/C65H108O6/c1-4-7-10-13-16-19-22-25-28-31-32-35-38-41-44-47-50-53-56-59-65(68)71-62(60-69-63(66)57-54-51-48-45-42-39-36-33-29-26-23-20-17-14-11-8-5-2)61-70-64(67)58-55-52-49-46-43-40-37-34-30-27-24-21-18-15-12-9-6-3/h7,10,16-17,19-20,25-30,32,35-36,39,41,44,62H,4-6,8-9,11-15,18,21-24,31,33-34,37-38,40,42-43,45-61H2,1-3H3/b10-7-,19-16-,20-17-,28-25-,29-26-,30-27-,35-32-,39-36-,44-41-/t62-/m1/s1. The summed E-state index contributed by atoms with van der Waals surface area (Å²) in [4.78, 5) is 38.2. The van der Waals surface area contributed by atoms with E-state index in [4.69, 9.17) is 14.2 Å². The van der Waals surface area contributed by atoms with Crippen LogP contribution in [0.3, 0.4) is 0 Å². The highest BCUT2D eigenvalue weighted by Gasteiger charge is 2.19. The maximum Gasteiger partial charge on any atom is 0.306 e. The molecule has 0 N–H and O–H groups in total. The Morgan fingerprint density at radius 1 is 0.296 bits per heavy atom. The summed E-state index contributed by atoms with van der Waals surface area (Å²) >= 11 is 0. The first-order valence-electron chi connectivity index (χ1n) is 29.4. The molecule has 6 heteroatoms. The zero-order valence-electron chi connectivity index (χ0n) is 46.2. The van der Waals surface area contributed by atoms with Crippen LogP contribution in [-0.4, -0.2) is 37.2 Å². The third kappa shape index (κ3) is 56.9. The first-order valence-corrected chi connectivity index (χ1v) is 29.4. The number of rotatable bonds is 52. The summed E-state index contributed by atoms with van der Waals surface area (Å²) in [6.07, 6.45) is 79.3. The van der Waals surface area contributed by atoms with E-state index in [9.17, 15) is 14.4 Å². The van der Waals surface area contributed by atoms with E-state index in [1.807, 2.05) is 0 Å². The fourth-order valence-electron chi connectivity index (χ4n) is 7.82. The van der Waals surface area contributed by atoms with Gasteiger partial charge in [0.05, 0.1) is 0 Å². The number of unbranched alkanes of at least 4 members (excludes halogenated alkanes) is 23. The molecule has 0 aromatic carbocycles. The number of ether oxygens (including phenoxy) is 3. The van der Waals surface area contributed by atoms with Gasteiger partial charge in [-0.05, 0) is 128 Å². The second kappa shape index (κ2) is 58.6. The van der Waals surface area contributed by atoms with Gasteiger partial charge in [-0.3, -0.25) is 14.4 Å². The summed E-state index contributed by atoms with van der Waals surface area (Å²) in [7, 11) is 0. The topological polar surface area (TPSA) is 78.9 Å². The minimum Gasteiger partial charge on any atom is -0.462 e. The van der Waals surface area contributed by atoms with Crippen LogP contribution >= 0.6 is 0 Å². The van der Waals surface area contributed by atoms with Crippen LogP contribution in [0.1, 0.15) is 265 Å². The lowest BCUT2D eigenvalue weighted by Crippen LogP contribution is -2.30. The van der Waals surface area contributed by atoms with Crippen molar-refractivity contribution in [2.45, 2.75) is 271 Å². The Hall–Kier alpha value is -3.93. The summed E-state index contributed by atoms with van der Waals surface area (Å²) in [5.41, 5.74) is 0. The molecule has 6 nitrogen and oxygen atoms in total. The highest BCUT2D eigenvalue weighted by atomic mass is 16.6. The van der Waals surface area contributed by atoms with E-state index < -0.39 is 6.10 Å². The van der Waals surface area contributed by atoms with Crippen molar-refractivity contribution in [3.63, 3.8) is 0 Å². The van der Waals surface area contributed by atoms with E-state index in [0.717, 1.165) is 122 Å². The average molecular weight is 986 g/mol. The summed E-state index contributed by atoms with van der Waals surface area (Å²) in [5.74, 6) is -0.959. The first kappa shape index (κ1) is 67.1. The highest BCUT2D eigenvalue weighted by Crippen LogP contribution is 2.14. The van der Waals surface area contributed by atoms with Gasteiger partial charge in [-0.2, -0.15) is 0 Å². The minimum atomic E-state index is -0.810. The normalized spacial score (nSPS) is 12.9. The van der Waals surface area contributed by atoms with Gasteiger partial charge in [0.15, 0.2) is 6.10 Å². The first-order chi connectivity index (χ1) is 35.0. The van der Waals surface area contributed by atoms with Crippen molar-refractivity contribution in [2.24, 2.45) is 0 Å². The Morgan fingerprint density at radius 3 is 0.915 bits per heavy atom. The van der Waals surface area contributed by atoms with Crippen molar-refractivity contribution in [2.75, 3.05) is 13.2 Å². The summed E-state index contributed by atoms with van der Waals surface area (Å²) in [6.45, 7) is 6.45. The maximum absolute atomic E-state index is 12.9. The van der Waals surface area contributed by atoms with Crippen molar-refractivity contribution in [1.29, 1.82) is 0 Å². The van der Waals surface area contributed by atoms with E-state index in [1.54, 1.807) is 0 Å². The van der Waals surface area contributed by atoms with E-state index in [-0.39, 0.29) is 37.5 Å². The lowest BCUT2D eigenvalue weighted by molar-refractivity contribution is -0.167. The zero-order chi connectivity index (χ0) is 51.4. The molecule has 0 rings (SSSR count). The van der Waals surface area contributed by atoms with Gasteiger partial charge < -0.3 is 14.2 Å². The van der Waals surface area contributed by atoms with Crippen LogP contribution < -0.4 is 0 Å². The molecule has 0 saturated heterocycles. The zero-order valence-corrected chi connectivity index (χ0v) is 46.2. The molecule has 0 bridgehead atoms. The average Bonchev–Trinajstić information content (AvgIpc) is 3.37. The van der Waals surface area contributed by atoms with E-state index in [1.165, 1.54) is 103 Å². The Morgan fingerprint density at radius 2 is 0.549 bits per heavy atom. The Kier molecular flexibility index (Phi) is 55.4. The fraction of sp³-hybridized carbons (Fsp3) is 0.677. The Balaban J connectivity index is 4.51. The number of hydrogen-bond acceptors (Lipinski definition) is 6. The van der Waals surface area contributed by atoms with Gasteiger partial charge in [0.25, 0.3) is 0 Å². The largest absolute Gasteiger partial charge is 0.462 e. The van der Waals surface area contributed by atoms with E-state index in [0.29, 0.717) is 12.8 Å². The minimum absolute atomic E-state index is 0.102. The summed E-state index contributed by atoms with van der Waals surface area (Å²) in [6, 6.07) is 0. The number of allylic oxidation sites excluding steroid dienone is 18. The molecule has 1 atom stereocenters. The van der Waals surface area contributed by atoms with Gasteiger partial charge in [0, 0.05) is 19.3 Å². The molecule has 0 aliphatic heterocycles. The summed E-state index contributed by atoms with van der Waals surface area (Å²) < 4.78 is 16.8. The second-order valence-electron chi connectivity index (χ2n) is 19.2. The third-order valence-electron chi connectivity index (χ3n) is 12.2. The molecule has 0 saturated carbocycles. The lowest BCUT2D eigenvalue weighted by Gasteiger charge is -2.18. The second-order valence-corrected chi connectivity index (χ2v) is 19.2. The van der Waals surface area contributed by atoms with Crippen molar-refractivity contribution >= 4 is 17.9 Å². The molecule has 0 heterocycles. The van der Waals surface area contributed by atoms with E-state index >= 15 is 0 Å². The summed E-state index contributed by atoms with van der Waals surface area (Å²) in [5, 5.41) is 0. The van der Waals surface area contributed by atoms with Crippen molar-refractivity contribution < 1.29 is 28.6 Å². The van der Waals surface area contributed by atoms with Crippen LogP contribution in [0.5, 0.6) is 0 Å². The van der Waals surface area contributed by atoms with Crippen molar-refractivity contribution in [3.8, 4) is 0 Å². The lowest BCUT2D eigenvalue weighted by atomic mass is 10.1. The van der Waals surface area contributed by atoms with Crippen LogP contribution in [0.15, 0.2) is 109 Å². The molecule has 0 aromatic rings. The highest BCUT2D eigenvalue weighted by molar-refractivity contribution is 5.71. The van der Waals surface area contributed by atoms with Gasteiger partial charge in [-0.25, -0.2) is 0 Å². The van der Waals surface area contributed by atoms with Crippen molar-refractivity contribution in [1.82, 2.24) is 0 Å². The predicted octanol–water partition coefficient (Wildman–Crippen LogP) is 19.9. The van der Waals surface area contributed by atoms with Crippen molar-refractivity contribution in [3.05, 3.63) is 109 Å². The Bertz CT molecular complexity index is 1460. The molecule has 0 aromatic heterocycles. The molecule has 0 unspecified atom stereocenters. The molecule has 0 aliphatic rings. The molecule has 0 radical (unpaired) electrons. The van der Waals surface area contributed by atoms with Crippen LogP contribution in [0.2, 0.25) is 0 Å². The number of carbonyl (C=O) groups excluding carboxylic acids is 3. The molecule has 0 spiro atoms. The van der Waals surface area contributed by atoms with Gasteiger partial charge in [0.2, 0.25) is 0 Å². The number of carbonyl (C=O) groups is 3. The molecule has 404 valence electrons. The van der Waals surface area contributed by atoms with Gasteiger partial charge in [-0.15, -0.1) is 0 Å². The molecule has 0 aliphatic carbocycles. The molecule has 0 amide bonds. The van der Waals surface area contributed by atoms with Gasteiger partial charge in [-0.1, -0.05) is 226 Å². The van der Waals surface area contributed by atoms with E-state index in [2.05, 4.69) is 130 Å². The van der Waals surface area contributed by atoms with Crippen LogP contribution in [-0.2, 0) is 28.6 Å². The monoisotopic (exact) mass is 985 g/mol. The van der Waals surface area contributed by atoms with Crippen LogP contribution in [0.25, 0.3) is 0 Å². The molecular formula is C65H108O6.